The Labute approximate surface area is 121 Å². The van der Waals surface area contributed by atoms with Crippen molar-refractivity contribution in [2.45, 2.75) is 52.0 Å². The Kier molecular flexibility index (Phi) is 5.39. The van der Waals surface area contributed by atoms with E-state index in [-0.39, 0.29) is 11.9 Å². The smallest absolute Gasteiger partial charge is 0.270 e. The summed E-state index contributed by atoms with van der Waals surface area (Å²) in [6.07, 6.45) is 6.38. The van der Waals surface area contributed by atoms with Crippen molar-refractivity contribution in [3.8, 4) is 0 Å². The molecule has 0 aromatic carbocycles. The lowest BCUT2D eigenvalue weighted by Gasteiger charge is -2.28. The molecule has 1 aromatic heterocycles. The first-order valence-corrected chi connectivity index (χ1v) is 7.72. The third kappa shape index (κ3) is 3.95. The van der Waals surface area contributed by atoms with E-state index in [1.165, 1.54) is 32.1 Å². The number of hydrogen-bond acceptors (Lipinski definition) is 3. The Hall–Kier alpha value is -1.58. The third-order valence-corrected chi connectivity index (χ3v) is 4.06. The highest BCUT2D eigenvalue weighted by Crippen LogP contribution is 2.26. The molecule has 1 atom stereocenters. The highest BCUT2D eigenvalue weighted by Gasteiger charge is 2.22. The summed E-state index contributed by atoms with van der Waals surface area (Å²) in [7, 11) is 0. The van der Waals surface area contributed by atoms with E-state index < -0.39 is 0 Å². The van der Waals surface area contributed by atoms with E-state index in [1.807, 2.05) is 19.1 Å². The van der Waals surface area contributed by atoms with Gasteiger partial charge in [-0.2, -0.15) is 0 Å². The monoisotopic (exact) mass is 275 g/mol. The minimum Gasteiger partial charge on any atom is -0.370 e. The van der Waals surface area contributed by atoms with Crippen LogP contribution in [-0.4, -0.2) is 23.5 Å². The first kappa shape index (κ1) is 14.8. The molecule has 0 saturated heterocycles. The Morgan fingerprint density at radius 3 is 2.80 bits per heavy atom. The number of carbonyl (C=O) groups excluding carboxylic acids is 1. The summed E-state index contributed by atoms with van der Waals surface area (Å²) < 4.78 is 0. The Morgan fingerprint density at radius 1 is 1.35 bits per heavy atom. The van der Waals surface area contributed by atoms with Crippen molar-refractivity contribution in [3.05, 3.63) is 23.9 Å². The number of anilines is 1. The average Bonchev–Trinajstić information content (AvgIpc) is 2.48. The predicted molar refractivity (Wildman–Crippen MR) is 81.9 cm³/mol. The molecule has 4 nitrogen and oxygen atoms in total. The predicted octanol–water partition coefficient (Wildman–Crippen LogP) is 3.21. The molecule has 1 aliphatic carbocycles. The fourth-order valence-corrected chi connectivity index (χ4v) is 2.87. The van der Waals surface area contributed by atoms with E-state index in [0.717, 1.165) is 12.4 Å². The Bertz CT molecular complexity index is 441. The SMILES string of the molecule is CCNc1cccc(C(=O)NC(C)C2CCCCC2)n1. The van der Waals surface area contributed by atoms with Crippen LogP contribution in [0.5, 0.6) is 0 Å². The molecule has 1 aromatic rings. The molecule has 1 amide bonds. The fraction of sp³-hybridized carbons (Fsp3) is 0.625. The van der Waals surface area contributed by atoms with E-state index >= 15 is 0 Å². The zero-order valence-corrected chi connectivity index (χ0v) is 12.5. The van der Waals surface area contributed by atoms with Crippen molar-refractivity contribution < 1.29 is 4.79 Å². The zero-order chi connectivity index (χ0) is 14.4. The summed E-state index contributed by atoms with van der Waals surface area (Å²) in [5.41, 5.74) is 0.492. The quantitative estimate of drug-likeness (QED) is 0.867. The van der Waals surface area contributed by atoms with E-state index in [9.17, 15) is 4.79 Å². The van der Waals surface area contributed by atoms with Gasteiger partial charge in [-0.15, -0.1) is 0 Å². The highest BCUT2D eigenvalue weighted by molar-refractivity contribution is 5.92. The number of hydrogen-bond donors (Lipinski definition) is 2. The van der Waals surface area contributed by atoms with Gasteiger partial charge in [0.15, 0.2) is 0 Å². The molecule has 0 bridgehead atoms. The van der Waals surface area contributed by atoms with Gasteiger partial charge in [-0.05, 0) is 44.7 Å². The maximum absolute atomic E-state index is 12.3. The van der Waals surface area contributed by atoms with Gasteiger partial charge in [-0.1, -0.05) is 25.3 Å². The van der Waals surface area contributed by atoms with Gasteiger partial charge in [0.25, 0.3) is 5.91 Å². The molecule has 0 radical (unpaired) electrons. The van der Waals surface area contributed by atoms with Crippen LogP contribution in [0.15, 0.2) is 18.2 Å². The Morgan fingerprint density at radius 2 is 2.10 bits per heavy atom. The van der Waals surface area contributed by atoms with Crippen molar-refractivity contribution in [3.63, 3.8) is 0 Å². The molecule has 1 unspecified atom stereocenters. The van der Waals surface area contributed by atoms with Gasteiger partial charge < -0.3 is 10.6 Å². The second-order valence-corrected chi connectivity index (χ2v) is 5.60. The number of amides is 1. The number of nitrogens with zero attached hydrogens (tertiary/aromatic N) is 1. The molecular weight excluding hydrogens is 250 g/mol. The summed E-state index contributed by atoms with van der Waals surface area (Å²) in [6, 6.07) is 5.74. The molecule has 0 aliphatic heterocycles. The Balaban J connectivity index is 1.94. The van der Waals surface area contributed by atoms with E-state index in [1.54, 1.807) is 6.07 Å². The van der Waals surface area contributed by atoms with Gasteiger partial charge >= 0.3 is 0 Å². The largest absolute Gasteiger partial charge is 0.370 e. The third-order valence-electron chi connectivity index (χ3n) is 4.06. The van der Waals surface area contributed by atoms with Gasteiger partial charge in [0, 0.05) is 12.6 Å². The summed E-state index contributed by atoms with van der Waals surface area (Å²) in [5, 5.41) is 6.23. The second kappa shape index (κ2) is 7.27. The van der Waals surface area contributed by atoms with Gasteiger partial charge in [0.1, 0.15) is 11.5 Å². The van der Waals surface area contributed by atoms with Crippen LogP contribution in [0, 0.1) is 5.92 Å². The molecule has 1 heterocycles. The molecule has 2 N–H and O–H groups in total. The van der Waals surface area contributed by atoms with Crippen molar-refractivity contribution in [2.75, 3.05) is 11.9 Å². The van der Waals surface area contributed by atoms with Gasteiger partial charge in [0.2, 0.25) is 0 Å². The first-order chi connectivity index (χ1) is 9.70. The first-order valence-electron chi connectivity index (χ1n) is 7.72. The minimum atomic E-state index is -0.0668. The molecule has 1 aliphatic rings. The van der Waals surface area contributed by atoms with Crippen molar-refractivity contribution in [1.29, 1.82) is 0 Å². The topological polar surface area (TPSA) is 54.0 Å². The maximum atomic E-state index is 12.3. The molecule has 110 valence electrons. The average molecular weight is 275 g/mol. The van der Waals surface area contributed by atoms with E-state index in [4.69, 9.17) is 0 Å². The van der Waals surface area contributed by atoms with Crippen LogP contribution in [0.3, 0.4) is 0 Å². The minimum absolute atomic E-state index is 0.0668. The van der Waals surface area contributed by atoms with Crippen molar-refractivity contribution in [2.24, 2.45) is 5.92 Å². The van der Waals surface area contributed by atoms with Crippen LogP contribution in [-0.2, 0) is 0 Å². The molecule has 2 rings (SSSR count). The van der Waals surface area contributed by atoms with Crippen LogP contribution in [0.2, 0.25) is 0 Å². The summed E-state index contributed by atoms with van der Waals surface area (Å²) >= 11 is 0. The number of rotatable bonds is 5. The summed E-state index contributed by atoms with van der Waals surface area (Å²) in [6.45, 7) is 4.93. The molecule has 20 heavy (non-hydrogen) atoms. The van der Waals surface area contributed by atoms with Gasteiger partial charge in [-0.25, -0.2) is 4.98 Å². The van der Waals surface area contributed by atoms with Gasteiger partial charge in [-0.3, -0.25) is 4.79 Å². The highest BCUT2D eigenvalue weighted by atomic mass is 16.1. The number of carbonyl (C=O) groups is 1. The fourth-order valence-electron chi connectivity index (χ4n) is 2.87. The van der Waals surface area contributed by atoms with Gasteiger partial charge in [0.05, 0.1) is 0 Å². The summed E-state index contributed by atoms with van der Waals surface area (Å²) in [5.74, 6) is 1.30. The van der Waals surface area contributed by atoms with E-state index in [2.05, 4.69) is 22.5 Å². The van der Waals surface area contributed by atoms with Crippen LogP contribution in [0.1, 0.15) is 56.4 Å². The maximum Gasteiger partial charge on any atom is 0.270 e. The number of nitrogens with one attached hydrogen (secondary N) is 2. The molecule has 4 heteroatoms. The zero-order valence-electron chi connectivity index (χ0n) is 12.5. The van der Waals surface area contributed by atoms with Crippen molar-refractivity contribution in [1.82, 2.24) is 10.3 Å². The lowest BCUT2D eigenvalue weighted by molar-refractivity contribution is 0.0914. The second-order valence-electron chi connectivity index (χ2n) is 5.60. The van der Waals surface area contributed by atoms with Crippen molar-refractivity contribution >= 4 is 11.7 Å². The van der Waals surface area contributed by atoms with Crippen LogP contribution < -0.4 is 10.6 Å². The molecule has 1 saturated carbocycles. The number of pyridine rings is 1. The summed E-state index contributed by atoms with van der Waals surface area (Å²) in [4.78, 5) is 16.6. The molecule has 1 fully saturated rings. The molecule has 0 spiro atoms. The standard InChI is InChI=1S/C16H25N3O/c1-3-17-15-11-7-10-14(19-15)16(20)18-12(2)13-8-5-4-6-9-13/h7,10-13H,3-6,8-9H2,1-2H3,(H,17,19)(H,18,20). The molecular formula is C16H25N3O. The lowest BCUT2D eigenvalue weighted by atomic mass is 9.84. The normalized spacial score (nSPS) is 17.5. The number of aromatic nitrogens is 1. The van der Waals surface area contributed by atoms with E-state index in [0.29, 0.717) is 11.6 Å². The van der Waals surface area contributed by atoms with Crippen LogP contribution in [0.4, 0.5) is 5.82 Å². The lowest BCUT2D eigenvalue weighted by Crippen LogP contribution is -2.39. The van der Waals surface area contributed by atoms with Crippen LogP contribution in [0.25, 0.3) is 0 Å². The van der Waals surface area contributed by atoms with Crippen LogP contribution >= 0.6 is 0 Å².